The maximum absolute atomic E-state index is 11.5. The zero-order valence-electron chi connectivity index (χ0n) is 8.17. The highest BCUT2D eigenvalue weighted by atomic mass is 32.2. The Labute approximate surface area is 77.4 Å². The van der Waals surface area contributed by atoms with Crippen LogP contribution >= 0.6 is 0 Å². The molecule has 2 nitrogen and oxygen atoms in total. The van der Waals surface area contributed by atoms with Gasteiger partial charge >= 0.3 is 0 Å². The van der Waals surface area contributed by atoms with Gasteiger partial charge in [0.15, 0.2) is 0 Å². The molecule has 0 aliphatic heterocycles. The van der Waals surface area contributed by atoms with Crippen LogP contribution in [-0.4, -0.2) is 21.3 Å². The number of rotatable bonds is 2. The summed E-state index contributed by atoms with van der Waals surface area (Å²) in [5.41, 5.74) is 6.23. The van der Waals surface area contributed by atoms with Crippen LogP contribution in [0.5, 0.6) is 0 Å². The molecule has 0 aromatic carbocycles. The molecule has 0 bridgehead atoms. The standard InChI is InChI=1S/C9H19NOS/c1-4-12(11)7-5-6-9(2,3)8(7)10/h7-8H,4-6,10H2,1-3H3. The predicted molar refractivity (Wildman–Crippen MR) is 53.5 cm³/mol. The lowest BCUT2D eigenvalue weighted by molar-refractivity contribution is 0.334. The minimum Gasteiger partial charge on any atom is -0.326 e. The molecule has 0 amide bonds. The Balaban J connectivity index is 2.67. The molecule has 0 heterocycles. The molecule has 1 aliphatic carbocycles. The summed E-state index contributed by atoms with van der Waals surface area (Å²) in [7, 11) is -0.704. The Bertz CT molecular complexity index is 191. The lowest BCUT2D eigenvalue weighted by atomic mass is 9.88. The molecule has 1 aliphatic rings. The van der Waals surface area contributed by atoms with E-state index in [4.69, 9.17) is 5.73 Å². The van der Waals surface area contributed by atoms with Gasteiger partial charge in [-0.25, -0.2) is 0 Å². The van der Waals surface area contributed by atoms with Crippen molar-refractivity contribution in [2.45, 2.75) is 44.9 Å². The van der Waals surface area contributed by atoms with E-state index in [1.807, 2.05) is 6.92 Å². The number of nitrogens with two attached hydrogens (primary N) is 1. The van der Waals surface area contributed by atoms with Crippen molar-refractivity contribution in [3.63, 3.8) is 0 Å². The summed E-state index contributed by atoms with van der Waals surface area (Å²) in [5.74, 6) is 0.744. The van der Waals surface area contributed by atoms with E-state index >= 15 is 0 Å². The Morgan fingerprint density at radius 3 is 2.50 bits per heavy atom. The number of hydrogen-bond donors (Lipinski definition) is 1. The van der Waals surface area contributed by atoms with Crippen LogP contribution in [0.15, 0.2) is 0 Å². The quantitative estimate of drug-likeness (QED) is 0.711. The molecule has 1 saturated carbocycles. The minimum atomic E-state index is -0.704. The highest BCUT2D eigenvalue weighted by Crippen LogP contribution is 2.38. The first-order valence-corrected chi connectivity index (χ1v) is 6.00. The van der Waals surface area contributed by atoms with Gasteiger partial charge in [-0.2, -0.15) is 0 Å². The van der Waals surface area contributed by atoms with Gasteiger partial charge in [0, 0.05) is 22.6 Å². The molecule has 0 spiro atoms. The Kier molecular flexibility index (Phi) is 2.94. The molecule has 3 atom stereocenters. The summed E-state index contributed by atoms with van der Waals surface area (Å²) < 4.78 is 11.5. The number of hydrogen-bond acceptors (Lipinski definition) is 2. The van der Waals surface area contributed by atoms with E-state index in [1.54, 1.807) is 0 Å². The van der Waals surface area contributed by atoms with E-state index in [1.165, 1.54) is 0 Å². The van der Waals surface area contributed by atoms with E-state index in [0.717, 1.165) is 18.6 Å². The third-order valence-electron chi connectivity index (χ3n) is 3.00. The van der Waals surface area contributed by atoms with Crippen LogP contribution in [0.1, 0.15) is 33.6 Å². The summed E-state index contributed by atoms with van der Waals surface area (Å²) in [6.07, 6.45) is 2.15. The van der Waals surface area contributed by atoms with Gasteiger partial charge in [-0.05, 0) is 18.3 Å². The minimum absolute atomic E-state index is 0.123. The van der Waals surface area contributed by atoms with Gasteiger partial charge in [-0.15, -0.1) is 0 Å². The van der Waals surface area contributed by atoms with Crippen LogP contribution in [0.2, 0.25) is 0 Å². The van der Waals surface area contributed by atoms with Gasteiger partial charge in [0.2, 0.25) is 0 Å². The fraction of sp³-hybridized carbons (Fsp3) is 1.00. The highest BCUT2D eigenvalue weighted by Gasteiger charge is 2.41. The largest absolute Gasteiger partial charge is 0.326 e. The van der Waals surface area contributed by atoms with Crippen molar-refractivity contribution in [2.24, 2.45) is 11.1 Å². The van der Waals surface area contributed by atoms with Gasteiger partial charge in [0.25, 0.3) is 0 Å². The van der Waals surface area contributed by atoms with E-state index in [2.05, 4.69) is 13.8 Å². The van der Waals surface area contributed by atoms with Gasteiger partial charge in [0.05, 0.1) is 5.25 Å². The monoisotopic (exact) mass is 189 g/mol. The summed E-state index contributed by atoms with van der Waals surface area (Å²) in [6, 6.07) is 0.123. The van der Waals surface area contributed by atoms with Crippen LogP contribution in [0.3, 0.4) is 0 Å². The zero-order chi connectivity index (χ0) is 9.35. The molecule has 0 radical (unpaired) electrons. The van der Waals surface area contributed by atoms with Gasteiger partial charge < -0.3 is 5.73 Å². The average Bonchev–Trinajstić information content (AvgIpc) is 2.27. The van der Waals surface area contributed by atoms with E-state index in [9.17, 15) is 4.21 Å². The van der Waals surface area contributed by atoms with Crippen molar-refractivity contribution in [1.29, 1.82) is 0 Å². The fourth-order valence-corrected chi connectivity index (χ4v) is 3.38. The topological polar surface area (TPSA) is 43.1 Å². The molecule has 72 valence electrons. The molecule has 0 aromatic rings. The Morgan fingerprint density at radius 2 is 2.17 bits per heavy atom. The highest BCUT2D eigenvalue weighted by molar-refractivity contribution is 7.85. The van der Waals surface area contributed by atoms with Crippen LogP contribution in [0.25, 0.3) is 0 Å². The molecule has 12 heavy (non-hydrogen) atoms. The lowest BCUT2D eigenvalue weighted by Gasteiger charge is -2.26. The molecule has 0 aromatic heterocycles. The van der Waals surface area contributed by atoms with E-state index in [0.29, 0.717) is 0 Å². The first-order chi connectivity index (χ1) is 5.49. The zero-order valence-corrected chi connectivity index (χ0v) is 8.99. The average molecular weight is 189 g/mol. The van der Waals surface area contributed by atoms with Crippen LogP contribution in [0.4, 0.5) is 0 Å². The SMILES string of the molecule is CCS(=O)C1CCC(C)(C)C1N. The fourth-order valence-electron chi connectivity index (χ4n) is 1.87. The molecule has 1 fully saturated rings. The summed E-state index contributed by atoms with van der Waals surface area (Å²) in [5, 5.41) is 0.241. The summed E-state index contributed by atoms with van der Waals surface area (Å²) >= 11 is 0. The van der Waals surface area contributed by atoms with Gasteiger partial charge in [-0.3, -0.25) is 4.21 Å². The van der Waals surface area contributed by atoms with E-state index in [-0.39, 0.29) is 16.7 Å². The second-order valence-electron chi connectivity index (χ2n) is 4.26. The van der Waals surface area contributed by atoms with Crippen molar-refractivity contribution in [2.75, 3.05) is 5.75 Å². The van der Waals surface area contributed by atoms with Crippen LogP contribution in [0, 0.1) is 5.41 Å². The van der Waals surface area contributed by atoms with Crippen molar-refractivity contribution < 1.29 is 4.21 Å². The molecule has 0 saturated heterocycles. The first kappa shape index (κ1) is 10.2. The van der Waals surface area contributed by atoms with Gasteiger partial charge in [0.1, 0.15) is 0 Å². The molecule has 3 heteroatoms. The third-order valence-corrected chi connectivity index (χ3v) is 4.77. The van der Waals surface area contributed by atoms with Crippen molar-refractivity contribution in [1.82, 2.24) is 0 Å². The molecule has 1 rings (SSSR count). The summed E-state index contributed by atoms with van der Waals surface area (Å²) in [4.78, 5) is 0. The van der Waals surface area contributed by atoms with Crippen molar-refractivity contribution >= 4 is 10.8 Å². The van der Waals surface area contributed by atoms with E-state index < -0.39 is 10.8 Å². The second kappa shape index (κ2) is 3.46. The van der Waals surface area contributed by atoms with Crippen molar-refractivity contribution in [3.8, 4) is 0 Å². The molecular formula is C9H19NOS. The second-order valence-corrected chi connectivity index (χ2v) is 6.21. The molecular weight excluding hydrogens is 170 g/mol. The smallest absolute Gasteiger partial charge is 0.0504 e. The normalized spacial score (nSPS) is 36.7. The van der Waals surface area contributed by atoms with Crippen LogP contribution in [-0.2, 0) is 10.8 Å². The lowest BCUT2D eigenvalue weighted by Crippen LogP contribution is -2.42. The maximum atomic E-state index is 11.5. The maximum Gasteiger partial charge on any atom is 0.0504 e. The van der Waals surface area contributed by atoms with Crippen LogP contribution < -0.4 is 5.73 Å². The molecule has 3 unspecified atom stereocenters. The molecule has 2 N–H and O–H groups in total. The van der Waals surface area contributed by atoms with Crippen molar-refractivity contribution in [3.05, 3.63) is 0 Å². The predicted octanol–water partition coefficient (Wildman–Crippen LogP) is 1.27. The van der Waals surface area contributed by atoms with Gasteiger partial charge in [-0.1, -0.05) is 20.8 Å². The third kappa shape index (κ3) is 1.72. The Morgan fingerprint density at radius 1 is 1.58 bits per heavy atom. The Hall–Kier alpha value is 0.110. The first-order valence-electron chi connectivity index (χ1n) is 4.62. The summed E-state index contributed by atoms with van der Waals surface area (Å²) in [6.45, 7) is 6.31.